The van der Waals surface area contributed by atoms with Crippen LogP contribution in [0.5, 0.6) is 0 Å². The Morgan fingerprint density at radius 3 is 1.43 bits per heavy atom. The van der Waals surface area contributed by atoms with Gasteiger partial charge in [-0.3, -0.25) is 0 Å². The van der Waals surface area contributed by atoms with E-state index in [1.807, 2.05) is 84.9 Å². The molecule has 0 aliphatic carbocycles. The molecule has 0 saturated heterocycles. The van der Waals surface area contributed by atoms with Gasteiger partial charge in [0.1, 0.15) is 11.4 Å². The Kier molecular flexibility index (Phi) is 6.07. The summed E-state index contributed by atoms with van der Waals surface area (Å²) in [5.41, 5.74) is 7.11. The molecule has 188 valence electrons. The van der Waals surface area contributed by atoms with Gasteiger partial charge in [0.15, 0.2) is 11.6 Å². The molecule has 40 heavy (non-hydrogen) atoms. The van der Waals surface area contributed by atoms with Crippen LogP contribution in [0.15, 0.2) is 140 Å². The SMILES string of the molecule is c1ccc(-c2ccnc(-c3cc(-c4ccc5ccccc5c4)cc(-c4nccc(-c5ccccc5)n4)n3)n2)cc1. The summed E-state index contributed by atoms with van der Waals surface area (Å²) < 4.78 is 0. The predicted molar refractivity (Wildman–Crippen MR) is 160 cm³/mol. The number of pyridine rings is 1. The first-order valence-corrected chi connectivity index (χ1v) is 13.1. The monoisotopic (exact) mass is 513 g/mol. The lowest BCUT2D eigenvalue weighted by atomic mass is 10.00. The number of nitrogens with zero attached hydrogens (tertiary/aromatic N) is 5. The van der Waals surface area contributed by atoms with E-state index in [9.17, 15) is 0 Å². The first-order valence-electron chi connectivity index (χ1n) is 13.1. The Labute approximate surface area is 231 Å². The minimum Gasteiger partial charge on any atom is -0.241 e. The van der Waals surface area contributed by atoms with Crippen molar-refractivity contribution in [3.63, 3.8) is 0 Å². The number of hydrogen-bond donors (Lipinski definition) is 0. The molecule has 3 aromatic heterocycles. The van der Waals surface area contributed by atoms with Crippen LogP contribution in [0.4, 0.5) is 0 Å². The van der Waals surface area contributed by atoms with Crippen molar-refractivity contribution in [2.75, 3.05) is 0 Å². The highest BCUT2D eigenvalue weighted by Gasteiger charge is 2.14. The zero-order valence-corrected chi connectivity index (χ0v) is 21.5. The Hall–Kier alpha value is -5.55. The topological polar surface area (TPSA) is 64.5 Å². The fraction of sp³-hybridized carbons (Fsp3) is 0. The third-order valence-corrected chi connectivity index (χ3v) is 6.82. The van der Waals surface area contributed by atoms with Gasteiger partial charge in [-0.05, 0) is 52.2 Å². The van der Waals surface area contributed by atoms with E-state index in [-0.39, 0.29) is 0 Å². The summed E-state index contributed by atoms with van der Waals surface area (Å²) in [7, 11) is 0. The summed E-state index contributed by atoms with van der Waals surface area (Å²) in [5.74, 6) is 1.09. The highest BCUT2D eigenvalue weighted by atomic mass is 15.0. The highest BCUT2D eigenvalue weighted by Crippen LogP contribution is 2.31. The minimum atomic E-state index is 0.546. The van der Waals surface area contributed by atoms with Crippen LogP contribution >= 0.6 is 0 Å². The van der Waals surface area contributed by atoms with E-state index < -0.39 is 0 Å². The van der Waals surface area contributed by atoms with Gasteiger partial charge in [-0.25, -0.2) is 24.9 Å². The average molecular weight is 514 g/mol. The smallest absolute Gasteiger partial charge is 0.178 e. The van der Waals surface area contributed by atoms with Gasteiger partial charge < -0.3 is 0 Å². The molecule has 4 aromatic carbocycles. The lowest BCUT2D eigenvalue weighted by Crippen LogP contribution is -1.99. The van der Waals surface area contributed by atoms with Crippen molar-refractivity contribution in [2.24, 2.45) is 0 Å². The highest BCUT2D eigenvalue weighted by molar-refractivity contribution is 5.88. The molecular weight excluding hydrogens is 490 g/mol. The van der Waals surface area contributed by atoms with Crippen molar-refractivity contribution >= 4 is 10.8 Å². The fourth-order valence-corrected chi connectivity index (χ4v) is 4.80. The summed E-state index contributed by atoms with van der Waals surface area (Å²) in [4.78, 5) is 24.0. The van der Waals surface area contributed by atoms with Gasteiger partial charge in [-0.2, -0.15) is 0 Å². The van der Waals surface area contributed by atoms with Gasteiger partial charge in [0.2, 0.25) is 0 Å². The first kappa shape index (κ1) is 23.6. The van der Waals surface area contributed by atoms with Crippen molar-refractivity contribution in [1.82, 2.24) is 24.9 Å². The quantitative estimate of drug-likeness (QED) is 0.232. The van der Waals surface area contributed by atoms with Crippen molar-refractivity contribution in [3.8, 4) is 56.7 Å². The molecule has 0 atom stereocenters. The van der Waals surface area contributed by atoms with Crippen LogP contribution in [0.2, 0.25) is 0 Å². The number of aromatic nitrogens is 5. The van der Waals surface area contributed by atoms with Gasteiger partial charge in [-0.1, -0.05) is 97.1 Å². The largest absolute Gasteiger partial charge is 0.241 e. The van der Waals surface area contributed by atoms with Gasteiger partial charge in [-0.15, -0.1) is 0 Å². The summed E-state index contributed by atoms with van der Waals surface area (Å²) in [6.45, 7) is 0. The molecule has 5 nitrogen and oxygen atoms in total. The third-order valence-electron chi connectivity index (χ3n) is 6.82. The number of fused-ring (bicyclic) bond motifs is 1. The Bertz CT molecular complexity index is 1850. The molecule has 7 rings (SSSR count). The summed E-state index contributed by atoms with van der Waals surface area (Å²) in [6, 6.07) is 42.9. The lowest BCUT2D eigenvalue weighted by Gasteiger charge is -2.11. The van der Waals surface area contributed by atoms with E-state index >= 15 is 0 Å². The van der Waals surface area contributed by atoms with Crippen LogP contribution in [-0.4, -0.2) is 24.9 Å². The fourth-order valence-electron chi connectivity index (χ4n) is 4.80. The summed E-state index contributed by atoms with van der Waals surface area (Å²) in [6.07, 6.45) is 3.56. The average Bonchev–Trinajstić information content (AvgIpc) is 3.05. The van der Waals surface area contributed by atoms with E-state index in [2.05, 4.69) is 52.4 Å². The van der Waals surface area contributed by atoms with E-state index in [0.717, 1.165) is 33.6 Å². The number of hydrogen-bond acceptors (Lipinski definition) is 5. The van der Waals surface area contributed by atoms with Gasteiger partial charge in [0, 0.05) is 23.5 Å². The van der Waals surface area contributed by atoms with Crippen LogP contribution in [0.3, 0.4) is 0 Å². The second kappa shape index (κ2) is 10.3. The molecule has 0 amide bonds. The van der Waals surface area contributed by atoms with Crippen molar-refractivity contribution in [3.05, 3.63) is 140 Å². The van der Waals surface area contributed by atoms with Crippen LogP contribution in [0, 0.1) is 0 Å². The van der Waals surface area contributed by atoms with Crippen molar-refractivity contribution in [1.29, 1.82) is 0 Å². The third kappa shape index (κ3) is 4.72. The molecule has 0 aliphatic heterocycles. The molecule has 0 aliphatic rings. The first-order chi connectivity index (χ1) is 19.8. The van der Waals surface area contributed by atoms with Crippen LogP contribution < -0.4 is 0 Å². The lowest BCUT2D eigenvalue weighted by molar-refractivity contribution is 1.11. The normalized spacial score (nSPS) is 11.0. The Morgan fingerprint density at radius 2 is 0.850 bits per heavy atom. The number of rotatable bonds is 5. The standard InChI is InChI=1S/C35H23N5/c1-3-10-25(11-4-1)30-17-19-36-34(39-30)32-22-29(28-16-15-24-9-7-8-14-27(24)21-28)23-33(38-32)35-37-20-18-31(40-35)26-12-5-2-6-13-26/h1-23H. The van der Waals surface area contributed by atoms with Gasteiger partial charge >= 0.3 is 0 Å². The Morgan fingerprint density at radius 1 is 0.325 bits per heavy atom. The van der Waals surface area contributed by atoms with Crippen molar-refractivity contribution < 1.29 is 0 Å². The summed E-state index contributed by atoms with van der Waals surface area (Å²) in [5, 5.41) is 2.36. The zero-order valence-electron chi connectivity index (χ0n) is 21.5. The molecule has 0 spiro atoms. The molecule has 0 radical (unpaired) electrons. The maximum Gasteiger partial charge on any atom is 0.178 e. The molecule has 5 heteroatoms. The van der Waals surface area contributed by atoms with Gasteiger partial charge in [0.25, 0.3) is 0 Å². The van der Waals surface area contributed by atoms with Crippen LogP contribution in [-0.2, 0) is 0 Å². The second-order valence-electron chi connectivity index (χ2n) is 9.45. The molecule has 0 bridgehead atoms. The minimum absolute atomic E-state index is 0.546. The molecule has 3 heterocycles. The maximum absolute atomic E-state index is 4.98. The second-order valence-corrected chi connectivity index (χ2v) is 9.45. The van der Waals surface area contributed by atoms with E-state index in [0.29, 0.717) is 23.0 Å². The van der Waals surface area contributed by atoms with Crippen LogP contribution in [0.1, 0.15) is 0 Å². The Balaban J connectivity index is 1.40. The molecular formula is C35H23N5. The van der Waals surface area contributed by atoms with Gasteiger partial charge in [0.05, 0.1) is 11.4 Å². The number of benzene rings is 4. The molecule has 0 unspecified atom stereocenters. The van der Waals surface area contributed by atoms with E-state index in [1.165, 1.54) is 10.8 Å². The van der Waals surface area contributed by atoms with Crippen molar-refractivity contribution in [2.45, 2.75) is 0 Å². The zero-order chi connectivity index (χ0) is 26.7. The molecule has 0 saturated carbocycles. The summed E-state index contributed by atoms with van der Waals surface area (Å²) >= 11 is 0. The van der Waals surface area contributed by atoms with E-state index in [1.54, 1.807) is 12.4 Å². The molecule has 7 aromatic rings. The molecule has 0 fully saturated rings. The van der Waals surface area contributed by atoms with Crippen LogP contribution in [0.25, 0.3) is 67.5 Å². The maximum atomic E-state index is 4.98. The van der Waals surface area contributed by atoms with E-state index in [4.69, 9.17) is 15.0 Å². The molecule has 0 N–H and O–H groups in total. The predicted octanol–water partition coefficient (Wildman–Crippen LogP) is 8.15.